The fourth-order valence-electron chi connectivity index (χ4n) is 1.36. The zero-order valence-electron chi connectivity index (χ0n) is 9.03. The third-order valence-corrected chi connectivity index (χ3v) is 2.51. The van der Waals surface area contributed by atoms with Crippen LogP contribution in [0.1, 0.15) is 16.1 Å². The van der Waals surface area contributed by atoms with Gasteiger partial charge < -0.3 is 14.8 Å². The maximum atomic E-state index is 11.8. The molecule has 0 fully saturated rings. The Balaban J connectivity index is 2.18. The molecule has 2 rings (SSSR count). The van der Waals surface area contributed by atoms with E-state index < -0.39 is 0 Å². The fourth-order valence-corrected chi connectivity index (χ4v) is 1.58. The van der Waals surface area contributed by atoms with E-state index in [2.05, 4.69) is 5.32 Å². The summed E-state index contributed by atoms with van der Waals surface area (Å²) >= 11 is 5.87. The molecule has 0 aliphatic heterocycles. The van der Waals surface area contributed by atoms with Gasteiger partial charge in [0.2, 0.25) is 0 Å². The Morgan fingerprint density at radius 1 is 1.41 bits per heavy atom. The minimum atomic E-state index is -0.311. The van der Waals surface area contributed by atoms with E-state index in [9.17, 15) is 9.90 Å². The van der Waals surface area contributed by atoms with Crippen LogP contribution in [0.2, 0.25) is 5.02 Å². The smallest absolute Gasteiger partial charge is 0.258 e. The molecule has 88 valence electrons. The van der Waals surface area contributed by atoms with Gasteiger partial charge in [-0.3, -0.25) is 4.79 Å². The predicted octanol–water partition coefficient (Wildman–Crippen LogP) is 3.20. The molecule has 2 N–H and O–H groups in total. The number of halogens is 1. The number of phenolic OH excluding ortho intramolecular Hbond substituents is 1. The molecule has 0 unspecified atom stereocenters. The minimum Gasteiger partial charge on any atom is -0.508 e. The molecule has 0 radical (unpaired) electrons. The molecule has 0 aliphatic rings. The van der Waals surface area contributed by atoms with Crippen LogP contribution in [0.15, 0.2) is 34.9 Å². The zero-order valence-corrected chi connectivity index (χ0v) is 9.78. The number of benzene rings is 1. The van der Waals surface area contributed by atoms with Gasteiger partial charge in [-0.25, -0.2) is 0 Å². The molecule has 2 aromatic rings. The highest BCUT2D eigenvalue weighted by Crippen LogP contribution is 2.26. The monoisotopic (exact) mass is 251 g/mol. The Morgan fingerprint density at radius 3 is 2.76 bits per heavy atom. The predicted molar refractivity (Wildman–Crippen MR) is 64.5 cm³/mol. The van der Waals surface area contributed by atoms with Crippen molar-refractivity contribution in [3.8, 4) is 5.75 Å². The van der Waals surface area contributed by atoms with E-state index in [-0.39, 0.29) is 16.7 Å². The van der Waals surface area contributed by atoms with Gasteiger partial charge in [0, 0.05) is 6.07 Å². The summed E-state index contributed by atoms with van der Waals surface area (Å²) in [6.07, 6.45) is 1.37. The van der Waals surface area contributed by atoms with Crippen LogP contribution in [-0.4, -0.2) is 11.0 Å². The van der Waals surface area contributed by atoms with Crippen molar-refractivity contribution in [1.82, 2.24) is 0 Å². The van der Waals surface area contributed by atoms with Gasteiger partial charge in [0.05, 0.1) is 16.3 Å². The van der Waals surface area contributed by atoms with Crippen molar-refractivity contribution < 1.29 is 14.3 Å². The lowest BCUT2D eigenvalue weighted by Crippen LogP contribution is -2.11. The molecule has 4 nitrogen and oxygen atoms in total. The molecule has 0 saturated carbocycles. The van der Waals surface area contributed by atoms with Crippen LogP contribution in [0.25, 0.3) is 0 Å². The number of amides is 1. The molecule has 1 heterocycles. The lowest BCUT2D eigenvalue weighted by Gasteiger charge is -2.05. The van der Waals surface area contributed by atoms with Crippen molar-refractivity contribution in [2.24, 2.45) is 0 Å². The summed E-state index contributed by atoms with van der Waals surface area (Å²) in [5.41, 5.74) is 0.861. The molecular formula is C12H10ClNO3. The van der Waals surface area contributed by atoms with Gasteiger partial charge in [0.25, 0.3) is 5.91 Å². The van der Waals surface area contributed by atoms with Gasteiger partial charge in [0.1, 0.15) is 17.8 Å². The third-order valence-electron chi connectivity index (χ3n) is 2.19. The van der Waals surface area contributed by atoms with Crippen molar-refractivity contribution in [1.29, 1.82) is 0 Å². The lowest BCUT2D eigenvalue weighted by atomic mass is 10.2. The first kappa shape index (κ1) is 11.5. The summed E-state index contributed by atoms with van der Waals surface area (Å²) in [5.74, 6) is 0.397. The number of hydrogen-bond donors (Lipinski definition) is 2. The second-order valence-corrected chi connectivity index (χ2v) is 3.97. The van der Waals surface area contributed by atoms with Crippen molar-refractivity contribution >= 4 is 23.2 Å². The largest absolute Gasteiger partial charge is 0.508 e. The second-order valence-electron chi connectivity index (χ2n) is 3.56. The summed E-state index contributed by atoms with van der Waals surface area (Å²) in [6.45, 7) is 1.75. The van der Waals surface area contributed by atoms with E-state index >= 15 is 0 Å². The quantitative estimate of drug-likeness (QED) is 0.806. The zero-order chi connectivity index (χ0) is 12.4. The van der Waals surface area contributed by atoms with E-state index in [1.165, 1.54) is 24.5 Å². The Kier molecular flexibility index (Phi) is 3.06. The van der Waals surface area contributed by atoms with Gasteiger partial charge in [0.15, 0.2) is 0 Å². The van der Waals surface area contributed by atoms with E-state index in [1.54, 1.807) is 13.0 Å². The van der Waals surface area contributed by atoms with Crippen LogP contribution >= 0.6 is 11.6 Å². The highest BCUT2D eigenvalue weighted by atomic mass is 35.5. The number of aromatic hydroxyl groups is 1. The van der Waals surface area contributed by atoms with E-state index in [4.69, 9.17) is 16.0 Å². The summed E-state index contributed by atoms with van der Waals surface area (Å²) < 4.78 is 5.04. The molecule has 0 spiro atoms. The third kappa shape index (κ3) is 2.60. The lowest BCUT2D eigenvalue weighted by molar-refractivity contribution is 0.102. The van der Waals surface area contributed by atoms with Crippen LogP contribution < -0.4 is 5.32 Å². The Bertz CT molecular complexity index is 563. The van der Waals surface area contributed by atoms with Gasteiger partial charge in [-0.05, 0) is 25.1 Å². The van der Waals surface area contributed by atoms with E-state index in [0.29, 0.717) is 17.0 Å². The first-order valence-corrected chi connectivity index (χ1v) is 5.29. The summed E-state index contributed by atoms with van der Waals surface area (Å²) in [4.78, 5) is 11.8. The molecule has 1 aromatic heterocycles. The Morgan fingerprint density at radius 2 is 2.18 bits per heavy atom. The van der Waals surface area contributed by atoms with Crippen molar-refractivity contribution in [2.75, 3.05) is 5.32 Å². The highest BCUT2D eigenvalue weighted by Gasteiger charge is 2.10. The second kappa shape index (κ2) is 4.51. The average molecular weight is 252 g/mol. The van der Waals surface area contributed by atoms with Crippen molar-refractivity contribution in [3.63, 3.8) is 0 Å². The van der Waals surface area contributed by atoms with Gasteiger partial charge >= 0.3 is 0 Å². The number of aryl methyl sites for hydroxylation is 1. The van der Waals surface area contributed by atoms with Crippen LogP contribution in [0.3, 0.4) is 0 Å². The maximum absolute atomic E-state index is 11.8. The number of furan rings is 1. The SMILES string of the molecule is Cc1cc(C(=O)Nc2ccc(O)cc2Cl)co1. The molecule has 0 bridgehead atoms. The van der Waals surface area contributed by atoms with Crippen LogP contribution in [0.4, 0.5) is 5.69 Å². The number of anilines is 1. The average Bonchev–Trinajstić information content (AvgIpc) is 2.69. The van der Waals surface area contributed by atoms with E-state index in [1.807, 2.05) is 0 Å². The molecule has 0 atom stereocenters. The fraction of sp³-hybridized carbons (Fsp3) is 0.0833. The van der Waals surface area contributed by atoms with Crippen LogP contribution in [0.5, 0.6) is 5.75 Å². The highest BCUT2D eigenvalue weighted by molar-refractivity contribution is 6.34. The molecule has 5 heteroatoms. The number of nitrogens with one attached hydrogen (secondary N) is 1. The molecule has 1 amide bonds. The van der Waals surface area contributed by atoms with Gasteiger partial charge in [-0.15, -0.1) is 0 Å². The molecule has 17 heavy (non-hydrogen) atoms. The van der Waals surface area contributed by atoms with Crippen molar-refractivity contribution in [3.05, 3.63) is 46.9 Å². The number of rotatable bonds is 2. The standard InChI is InChI=1S/C12H10ClNO3/c1-7-4-8(6-17-7)12(16)14-11-3-2-9(15)5-10(11)13/h2-6,15H,1H3,(H,14,16). The van der Waals surface area contributed by atoms with Crippen LogP contribution in [-0.2, 0) is 0 Å². The van der Waals surface area contributed by atoms with Gasteiger partial charge in [-0.2, -0.15) is 0 Å². The van der Waals surface area contributed by atoms with E-state index in [0.717, 1.165) is 0 Å². The van der Waals surface area contributed by atoms with Gasteiger partial charge in [-0.1, -0.05) is 11.6 Å². The first-order chi connectivity index (χ1) is 8.06. The number of carbonyl (C=O) groups is 1. The Hall–Kier alpha value is -1.94. The Labute approximate surface area is 103 Å². The summed E-state index contributed by atoms with van der Waals surface area (Å²) in [5, 5.41) is 12.1. The number of hydrogen-bond acceptors (Lipinski definition) is 3. The number of carbonyl (C=O) groups excluding carboxylic acids is 1. The topological polar surface area (TPSA) is 62.5 Å². The number of phenols is 1. The molecule has 0 saturated heterocycles. The molecule has 0 aliphatic carbocycles. The minimum absolute atomic E-state index is 0.0483. The van der Waals surface area contributed by atoms with Crippen molar-refractivity contribution in [2.45, 2.75) is 6.92 Å². The summed E-state index contributed by atoms with van der Waals surface area (Å²) in [6, 6.07) is 5.96. The maximum Gasteiger partial charge on any atom is 0.258 e. The molecule has 1 aromatic carbocycles. The molecular weight excluding hydrogens is 242 g/mol. The summed E-state index contributed by atoms with van der Waals surface area (Å²) in [7, 11) is 0. The first-order valence-electron chi connectivity index (χ1n) is 4.91. The normalized spacial score (nSPS) is 10.2. The van der Waals surface area contributed by atoms with Crippen LogP contribution in [0, 0.1) is 6.92 Å².